The lowest BCUT2D eigenvalue weighted by molar-refractivity contribution is 0.00578. The summed E-state index contributed by atoms with van der Waals surface area (Å²) in [6, 6.07) is 9.54. The van der Waals surface area contributed by atoms with E-state index in [0.29, 0.717) is 11.5 Å². The average molecular weight is 374 g/mol. The molecule has 0 radical (unpaired) electrons. The highest BCUT2D eigenvalue weighted by Crippen LogP contribution is 2.37. The fraction of sp³-hybridized carbons (Fsp3) is 0.524. The van der Waals surface area contributed by atoms with Crippen LogP contribution in [0.25, 0.3) is 10.4 Å². The molecule has 0 saturated carbocycles. The van der Waals surface area contributed by atoms with Crippen LogP contribution in [0.5, 0.6) is 0 Å². The molecule has 0 spiro atoms. The molecule has 1 aromatic heterocycles. The summed E-state index contributed by atoms with van der Waals surface area (Å²) in [6.45, 7) is 12.5. The highest BCUT2D eigenvalue weighted by Gasteiger charge is 2.52. The van der Waals surface area contributed by atoms with Crippen LogP contribution in [-0.4, -0.2) is 18.3 Å². The fourth-order valence-corrected chi connectivity index (χ4v) is 3.95. The molecule has 0 aliphatic carbocycles. The number of thiophene rings is 1. The molecule has 1 fully saturated rings. The highest BCUT2D eigenvalue weighted by molar-refractivity contribution is 7.25. The molecule has 1 aliphatic heterocycles. The monoisotopic (exact) mass is 374 g/mol. The van der Waals surface area contributed by atoms with Crippen LogP contribution in [0.2, 0.25) is 0 Å². The van der Waals surface area contributed by atoms with Gasteiger partial charge in [-0.2, -0.15) is 0 Å². The van der Waals surface area contributed by atoms with Crippen molar-refractivity contribution in [3.63, 3.8) is 0 Å². The van der Waals surface area contributed by atoms with E-state index >= 15 is 0 Å². The van der Waals surface area contributed by atoms with Crippen molar-refractivity contribution >= 4 is 23.2 Å². The standard InChI is InChI=1S/C21H28BFO2S/c1-14(2)7-8-15-9-10-16(17(23)13-15)18-11-12-19(26-18)22-24-20(3,4)21(5,6)25-22/h9-14H,7-8H2,1-6H3. The van der Waals surface area contributed by atoms with Gasteiger partial charge in [0.2, 0.25) is 0 Å². The first-order valence-electron chi connectivity index (χ1n) is 9.33. The van der Waals surface area contributed by atoms with Gasteiger partial charge < -0.3 is 9.31 Å². The van der Waals surface area contributed by atoms with Crippen LogP contribution in [0.3, 0.4) is 0 Å². The molecule has 0 amide bonds. The van der Waals surface area contributed by atoms with Gasteiger partial charge >= 0.3 is 7.12 Å². The molecule has 0 bridgehead atoms. The second kappa shape index (κ2) is 7.10. The first kappa shape index (κ1) is 19.6. The molecular weight excluding hydrogens is 346 g/mol. The van der Waals surface area contributed by atoms with Gasteiger partial charge in [-0.15, -0.1) is 11.3 Å². The van der Waals surface area contributed by atoms with Crippen molar-refractivity contribution in [2.75, 3.05) is 0 Å². The van der Waals surface area contributed by atoms with Crippen LogP contribution in [0, 0.1) is 11.7 Å². The van der Waals surface area contributed by atoms with E-state index in [1.807, 2.05) is 52.0 Å². The molecule has 0 N–H and O–H groups in total. The lowest BCUT2D eigenvalue weighted by Gasteiger charge is -2.32. The molecule has 0 atom stereocenters. The van der Waals surface area contributed by atoms with Crippen molar-refractivity contribution in [1.29, 1.82) is 0 Å². The summed E-state index contributed by atoms with van der Waals surface area (Å²) in [7, 11) is -0.396. The molecule has 0 unspecified atom stereocenters. The Labute approximate surface area is 160 Å². The van der Waals surface area contributed by atoms with Crippen molar-refractivity contribution in [3.8, 4) is 10.4 Å². The third kappa shape index (κ3) is 3.90. The molecule has 3 rings (SSSR count). The molecule has 2 nitrogen and oxygen atoms in total. The van der Waals surface area contributed by atoms with Crippen LogP contribution >= 0.6 is 11.3 Å². The molecule has 140 valence electrons. The Bertz CT molecular complexity index is 766. The minimum Gasteiger partial charge on any atom is -0.399 e. The minimum atomic E-state index is -0.396. The van der Waals surface area contributed by atoms with Gasteiger partial charge in [0, 0.05) is 15.2 Å². The van der Waals surface area contributed by atoms with Gasteiger partial charge in [-0.3, -0.25) is 0 Å². The third-order valence-corrected chi connectivity index (χ3v) is 6.56. The maximum atomic E-state index is 14.6. The smallest absolute Gasteiger partial charge is 0.399 e. The molecule has 1 aliphatic rings. The second-order valence-electron chi connectivity index (χ2n) is 8.54. The zero-order chi connectivity index (χ0) is 19.1. The number of halogens is 1. The van der Waals surface area contributed by atoms with Crippen LogP contribution in [0.1, 0.15) is 53.5 Å². The molecule has 5 heteroatoms. The van der Waals surface area contributed by atoms with Crippen molar-refractivity contribution in [1.82, 2.24) is 0 Å². The summed E-state index contributed by atoms with van der Waals surface area (Å²) in [6.07, 6.45) is 1.99. The van der Waals surface area contributed by atoms with Crippen LogP contribution < -0.4 is 4.78 Å². The van der Waals surface area contributed by atoms with E-state index in [1.165, 1.54) is 11.3 Å². The van der Waals surface area contributed by atoms with Crippen molar-refractivity contribution in [2.45, 2.75) is 65.6 Å². The van der Waals surface area contributed by atoms with Crippen molar-refractivity contribution in [2.24, 2.45) is 5.92 Å². The van der Waals surface area contributed by atoms with E-state index in [2.05, 4.69) is 13.8 Å². The Morgan fingerprint density at radius 1 is 1.04 bits per heavy atom. The van der Waals surface area contributed by atoms with Crippen LogP contribution in [-0.2, 0) is 15.7 Å². The van der Waals surface area contributed by atoms with E-state index < -0.39 is 7.12 Å². The minimum absolute atomic E-state index is 0.159. The average Bonchev–Trinajstić information content (AvgIpc) is 3.08. The van der Waals surface area contributed by atoms with Gasteiger partial charge in [-0.05, 0) is 64.2 Å². The molecule has 2 aromatic rings. The van der Waals surface area contributed by atoms with E-state index in [1.54, 1.807) is 6.07 Å². The van der Waals surface area contributed by atoms with Crippen LogP contribution in [0.4, 0.5) is 4.39 Å². The lowest BCUT2D eigenvalue weighted by Crippen LogP contribution is -2.41. The highest BCUT2D eigenvalue weighted by atomic mass is 32.1. The van der Waals surface area contributed by atoms with Gasteiger partial charge in [0.1, 0.15) is 5.82 Å². The Kier molecular flexibility index (Phi) is 5.35. The summed E-state index contributed by atoms with van der Waals surface area (Å²) in [5.74, 6) is 0.464. The second-order valence-corrected chi connectivity index (χ2v) is 9.65. The van der Waals surface area contributed by atoms with Gasteiger partial charge in [0.25, 0.3) is 0 Å². The van der Waals surface area contributed by atoms with Crippen molar-refractivity contribution < 1.29 is 13.7 Å². The Hall–Kier alpha value is -1.17. The predicted molar refractivity (Wildman–Crippen MR) is 109 cm³/mol. The first-order valence-corrected chi connectivity index (χ1v) is 10.1. The van der Waals surface area contributed by atoms with Gasteiger partial charge in [-0.25, -0.2) is 4.39 Å². The maximum Gasteiger partial charge on any atom is 0.505 e. The van der Waals surface area contributed by atoms with Crippen molar-refractivity contribution in [3.05, 3.63) is 41.7 Å². The Morgan fingerprint density at radius 3 is 2.27 bits per heavy atom. The van der Waals surface area contributed by atoms with E-state index in [9.17, 15) is 4.39 Å². The number of aryl methyl sites for hydroxylation is 1. The number of rotatable bonds is 5. The maximum absolute atomic E-state index is 14.6. The number of hydrogen-bond acceptors (Lipinski definition) is 3. The van der Waals surface area contributed by atoms with Crippen LogP contribution in [0.15, 0.2) is 30.3 Å². The lowest BCUT2D eigenvalue weighted by atomic mass is 9.88. The van der Waals surface area contributed by atoms with Gasteiger partial charge in [0.05, 0.1) is 11.2 Å². The molecule has 26 heavy (non-hydrogen) atoms. The summed E-state index contributed by atoms with van der Waals surface area (Å²) in [5, 5.41) is 0. The Morgan fingerprint density at radius 2 is 1.69 bits per heavy atom. The third-order valence-electron chi connectivity index (χ3n) is 5.42. The van der Waals surface area contributed by atoms with E-state index in [0.717, 1.165) is 28.1 Å². The first-order chi connectivity index (χ1) is 12.1. The van der Waals surface area contributed by atoms with E-state index in [4.69, 9.17) is 9.31 Å². The van der Waals surface area contributed by atoms with Gasteiger partial charge in [0.15, 0.2) is 0 Å². The summed E-state index contributed by atoms with van der Waals surface area (Å²) >= 11 is 1.53. The summed E-state index contributed by atoms with van der Waals surface area (Å²) in [5.41, 5.74) is 0.963. The molecule has 1 aromatic carbocycles. The molecule has 2 heterocycles. The van der Waals surface area contributed by atoms with E-state index in [-0.39, 0.29) is 17.0 Å². The largest absolute Gasteiger partial charge is 0.505 e. The zero-order valence-corrected chi connectivity index (χ0v) is 17.4. The summed E-state index contributed by atoms with van der Waals surface area (Å²) in [4.78, 5) is 0.905. The fourth-order valence-electron chi connectivity index (χ4n) is 2.95. The Balaban J connectivity index is 1.78. The summed E-state index contributed by atoms with van der Waals surface area (Å²) < 4.78 is 27.8. The topological polar surface area (TPSA) is 18.5 Å². The van der Waals surface area contributed by atoms with Gasteiger partial charge in [-0.1, -0.05) is 32.0 Å². The molecular formula is C21H28BFO2S. The number of hydrogen-bond donors (Lipinski definition) is 0. The predicted octanol–water partition coefficient (Wildman–Crippen LogP) is 5.44. The number of benzene rings is 1. The molecule has 1 saturated heterocycles. The quantitative estimate of drug-likeness (QED) is 0.649. The SMILES string of the molecule is CC(C)CCc1ccc(-c2ccc(B3OC(C)(C)C(C)(C)O3)s2)c(F)c1. The zero-order valence-electron chi connectivity index (χ0n) is 16.6. The normalized spacial score (nSPS) is 18.7.